The Balaban J connectivity index is 1.54. The van der Waals surface area contributed by atoms with E-state index in [9.17, 15) is 4.79 Å². The van der Waals surface area contributed by atoms with Gasteiger partial charge in [-0.15, -0.1) is 11.8 Å². The molecule has 0 aliphatic carbocycles. The van der Waals surface area contributed by atoms with E-state index in [-0.39, 0.29) is 5.91 Å². The quantitative estimate of drug-likeness (QED) is 0.682. The first-order chi connectivity index (χ1) is 11.8. The number of aromatic nitrogens is 2. The summed E-state index contributed by atoms with van der Waals surface area (Å²) >= 11 is 1.66. The first kappa shape index (κ1) is 15.3. The normalized spacial score (nSPS) is 17.5. The van der Waals surface area contributed by atoms with Crippen LogP contribution in [0.3, 0.4) is 0 Å². The van der Waals surface area contributed by atoms with Crippen LogP contribution in [0.15, 0.2) is 59.8 Å². The Labute approximate surface area is 145 Å². The molecule has 0 unspecified atom stereocenters. The van der Waals surface area contributed by atoms with E-state index in [1.54, 1.807) is 11.8 Å². The standard InChI is InChI=1S/C19H19N3OS/c1-24-16-6-4-5-14(11-16)19(23)21-10-9-15(12-21)22-13-20-17-7-2-3-8-18(17)22/h2-8,11,13,15H,9-10,12H2,1H3/t15-/m1/s1. The highest BCUT2D eigenvalue weighted by atomic mass is 32.2. The highest BCUT2D eigenvalue weighted by molar-refractivity contribution is 7.98. The Hall–Kier alpha value is -2.27. The summed E-state index contributed by atoms with van der Waals surface area (Å²) < 4.78 is 2.21. The number of hydrogen-bond donors (Lipinski definition) is 0. The third-order valence-electron chi connectivity index (χ3n) is 4.64. The van der Waals surface area contributed by atoms with E-state index in [0.29, 0.717) is 6.04 Å². The third-order valence-corrected chi connectivity index (χ3v) is 5.37. The molecule has 1 saturated heterocycles. The summed E-state index contributed by atoms with van der Waals surface area (Å²) in [6, 6.07) is 16.3. The molecule has 1 amide bonds. The van der Waals surface area contributed by atoms with Gasteiger partial charge in [0.15, 0.2) is 0 Å². The maximum atomic E-state index is 12.8. The molecule has 0 saturated carbocycles. The summed E-state index contributed by atoms with van der Waals surface area (Å²) in [5.41, 5.74) is 2.93. The number of carbonyl (C=O) groups is 1. The van der Waals surface area contributed by atoms with Crippen LogP contribution in [-0.2, 0) is 0 Å². The van der Waals surface area contributed by atoms with Crippen molar-refractivity contribution in [3.8, 4) is 0 Å². The Morgan fingerprint density at radius 1 is 1.21 bits per heavy atom. The molecule has 0 bridgehead atoms. The van der Waals surface area contributed by atoms with Crippen LogP contribution < -0.4 is 0 Å². The Morgan fingerprint density at radius 3 is 2.96 bits per heavy atom. The molecular formula is C19H19N3OS. The number of para-hydroxylation sites is 2. The maximum Gasteiger partial charge on any atom is 0.253 e. The number of rotatable bonds is 3. The van der Waals surface area contributed by atoms with Crippen LogP contribution in [0, 0.1) is 0 Å². The smallest absolute Gasteiger partial charge is 0.253 e. The first-order valence-electron chi connectivity index (χ1n) is 8.11. The summed E-state index contributed by atoms with van der Waals surface area (Å²) in [6.45, 7) is 1.53. The van der Waals surface area contributed by atoms with Gasteiger partial charge in [0, 0.05) is 23.5 Å². The van der Waals surface area contributed by atoms with E-state index in [2.05, 4.69) is 15.6 Å². The number of benzene rings is 2. The summed E-state index contributed by atoms with van der Waals surface area (Å²) in [4.78, 5) is 20.3. The van der Waals surface area contributed by atoms with E-state index in [1.165, 1.54) is 0 Å². The van der Waals surface area contributed by atoms with Gasteiger partial charge in [0.2, 0.25) is 0 Å². The number of amides is 1. The van der Waals surface area contributed by atoms with Crippen molar-refractivity contribution in [3.63, 3.8) is 0 Å². The molecule has 3 aromatic rings. The van der Waals surface area contributed by atoms with Crippen LogP contribution >= 0.6 is 11.8 Å². The molecule has 1 aromatic heterocycles. The Kier molecular flexibility index (Phi) is 4.02. The molecule has 4 rings (SSSR count). The third kappa shape index (κ3) is 2.69. The van der Waals surface area contributed by atoms with Gasteiger partial charge < -0.3 is 9.47 Å². The highest BCUT2D eigenvalue weighted by Crippen LogP contribution is 2.27. The molecule has 4 nitrogen and oxygen atoms in total. The minimum absolute atomic E-state index is 0.123. The molecule has 0 N–H and O–H groups in total. The predicted octanol–water partition coefficient (Wildman–Crippen LogP) is 3.85. The number of fused-ring (bicyclic) bond motifs is 1. The van der Waals surface area contributed by atoms with E-state index in [0.717, 1.165) is 41.0 Å². The van der Waals surface area contributed by atoms with E-state index in [1.807, 2.05) is 59.9 Å². The lowest BCUT2D eigenvalue weighted by atomic mass is 10.2. The molecule has 1 atom stereocenters. The lowest BCUT2D eigenvalue weighted by Crippen LogP contribution is -2.29. The van der Waals surface area contributed by atoms with Gasteiger partial charge >= 0.3 is 0 Å². The fourth-order valence-corrected chi connectivity index (χ4v) is 3.82. The number of hydrogen-bond acceptors (Lipinski definition) is 3. The second kappa shape index (κ2) is 6.32. The van der Waals surface area contributed by atoms with Gasteiger partial charge in [-0.3, -0.25) is 4.79 Å². The molecule has 2 heterocycles. The fourth-order valence-electron chi connectivity index (χ4n) is 3.36. The lowest BCUT2D eigenvalue weighted by Gasteiger charge is -2.18. The molecule has 0 spiro atoms. The van der Waals surface area contributed by atoms with Gasteiger partial charge in [-0.1, -0.05) is 18.2 Å². The van der Waals surface area contributed by atoms with Crippen LogP contribution in [0.1, 0.15) is 22.8 Å². The van der Waals surface area contributed by atoms with Crippen LogP contribution in [0.5, 0.6) is 0 Å². The van der Waals surface area contributed by atoms with Crippen molar-refractivity contribution in [2.45, 2.75) is 17.4 Å². The number of likely N-dealkylation sites (tertiary alicyclic amines) is 1. The second-order valence-corrected chi connectivity index (χ2v) is 6.95. The minimum Gasteiger partial charge on any atom is -0.336 e. The van der Waals surface area contributed by atoms with Crippen molar-refractivity contribution in [1.82, 2.24) is 14.5 Å². The molecule has 1 fully saturated rings. The zero-order valence-corrected chi connectivity index (χ0v) is 14.4. The van der Waals surface area contributed by atoms with Crippen molar-refractivity contribution in [2.75, 3.05) is 19.3 Å². The van der Waals surface area contributed by atoms with E-state index in [4.69, 9.17) is 0 Å². The highest BCUT2D eigenvalue weighted by Gasteiger charge is 2.28. The SMILES string of the molecule is CSc1cccc(C(=O)N2CC[C@@H](n3cnc4ccccc43)C2)c1. The van der Waals surface area contributed by atoms with Crippen molar-refractivity contribution in [1.29, 1.82) is 0 Å². The molecule has 1 aliphatic heterocycles. The molecule has 0 radical (unpaired) electrons. The van der Waals surface area contributed by atoms with E-state index >= 15 is 0 Å². The average molecular weight is 337 g/mol. The monoisotopic (exact) mass is 337 g/mol. The van der Waals surface area contributed by atoms with Gasteiger partial charge in [0.1, 0.15) is 0 Å². The number of carbonyl (C=O) groups excluding carboxylic acids is 1. The van der Waals surface area contributed by atoms with Crippen molar-refractivity contribution in [2.24, 2.45) is 0 Å². The fraction of sp³-hybridized carbons (Fsp3) is 0.263. The first-order valence-corrected chi connectivity index (χ1v) is 9.33. The van der Waals surface area contributed by atoms with Crippen LogP contribution in [0.2, 0.25) is 0 Å². The maximum absolute atomic E-state index is 12.8. The molecule has 122 valence electrons. The van der Waals surface area contributed by atoms with Gasteiger partial charge in [0.25, 0.3) is 5.91 Å². The minimum atomic E-state index is 0.123. The molecule has 2 aromatic carbocycles. The van der Waals surface area contributed by atoms with Crippen LogP contribution in [0.25, 0.3) is 11.0 Å². The Bertz CT molecular complexity index is 889. The largest absolute Gasteiger partial charge is 0.336 e. The predicted molar refractivity (Wildman–Crippen MR) is 97.5 cm³/mol. The molecule has 1 aliphatic rings. The molecule has 5 heteroatoms. The summed E-state index contributed by atoms with van der Waals surface area (Å²) in [7, 11) is 0. The summed E-state index contributed by atoms with van der Waals surface area (Å²) in [5, 5.41) is 0. The number of nitrogens with zero attached hydrogens (tertiary/aromatic N) is 3. The molecule has 24 heavy (non-hydrogen) atoms. The zero-order valence-electron chi connectivity index (χ0n) is 13.6. The Morgan fingerprint density at radius 2 is 2.08 bits per heavy atom. The topological polar surface area (TPSA) is 38.1 Å². The lowest BCUT2D eigenvalue weighted by molar-refractivity contribution is 0.0787. The average Bonchev–Trinajstić information content (AvgIpc) is 3.27. The van der Waals surface area contributed by atoms with Gasteiger partial charge in [-0.2, -0.15) is 0 Å². The molecular weight excluding hydrogens is 318 g/mol. The zero-order chi connectivity index (χ0) is 16.5. The van der Waals surface area contributed by atoms with Crippen molar-refractivity contribution in [3.05, 3.63) is 60.4 Å². The van der Waals surface area contributed by atoms with Crippen molar-refractivity contribution >= 4 is 28.7 Å². The van der Waals surface area contributed by atoms with Crippen molar-refractivity contribution < 1.29 is 4.79 Å². The van der Waals surface area contributed by atoms with Crippen LogP contribution in [0.4, 0.5) is 0 Å². The van der Waals surface area contributed by atoms with Crippen LogP contribution in [-0.4, -0.2) is 39.7 Å². The summed E-state index contributed by atoms with van der Waals surface area (Å²) in [5.74, 6) is 0.123. The number of imidazole rings is 1. The number of thioether (sulfide) groups is 1. The summed E-state index contributed by atoms with van der Waals surface area (Å²) in [6.07, 6.45) is 4.89. The second-order valence-electron chi connectivity index (χ2n) is 6.07. The van der Waals surface area contributed by atoms with Gasteiger partial charge in [0.05, 0.1) is 23.4 Å². The van der Waals surface area contributed by atoms with Gasteiger partial charge in [-0.05, 0) is 43.0 Å². The van der Waals surface area contributed by atoms with E-state index < -0.39 is 0 Å². The van der Waals surface area contributed by atoms with Gasteiger partial charge in [-0.25, -0.2) is 4.98 Å².